The monoisotopic (exact) mass is 157 g/mol. The molecule has 2 nitrogen and oxygen atoms in total. The van der Waals surface area contributed by atoms with Crippen molar-refractivity contribution in [2.24, 2.45) is 0 Å². The van der Waals surface area contributed by atoms with E-state index in [9.17, 15) is 4.79 Å². The Morgan fingerprint density at radius 3 is 2.64 bits per heavy atom. The SMILES string of the molecule is CCCCCCC(C)O[C]=O. The molecular formula is C9H17O2. The molecule has 1 radical (unpaired) electrons. The molecule has 0 N–H and O–H groups in total. The van der Waals surface area contributed by atoms with E-state index < -0.39 is 0 Å². The normalized spacial score (nSPS) is 12.5. The molecule has 0 aromatic carbocycles. The molecule has 0 bridgehead atoms. The van der Waals surface area contributed by atoms with E-state index in [0.29, 0.717) is 0 Å². The Hall–Kier alpha value is -0.530. The van der Waals surface area contributed by atoms with E-state index in [1.54, 1.807) is 0 Å². The minimum Gasteiger partial charge on any atom is -0.454 e. The summed E-state index contributed by atoms with van der Waals surface area (Å²) in [4.78, 5) is 9.76. The second-order valence-corrected chi connectivity index (χ2v) is 2.86. The van der Waals surface area contributed by atoms with Gasteiger partial charge in [-0.05, 0) is 19.8 Å². The molecule has 0 amide bonds. The molecular weight excluding hydrogens is 140 g/mol. The third-order valence-corrected chi connectivity index (χ3v) is 1.71. The molecule has 2 heteroatoms. The molecule has 0 spiro atoms. The van der Waals surface area contributed by atoms with Crippen LogP contribution in [0.5, 0.6) is 0 Å². The summed E-state index contributed by atoms with van der Waals surface area (Å²) < 4.78 is 4.62. The van der Waals surface area contributed by atoms with Gasteiger partial charge in [0.25, 0.3) is 0 Å². The van der Waals surface area contributed by atoms with Crippen LogP contribution in [0.1, 0.15) is 46.0 Å². The number of unbranched alkanes of at least 4 members (excludes halogenated alkanes) is 3. The summed E-state index contributed by atoms with van der Waals surface area (Å²) >= 11 is 0. The van der Waals surface area contributed by atoms with Crippen molar-refractivity contribution < 1.29 is 9.53 Å². The zero-order valence-electron chi connectivity index (χ0n) is 7.43. The topological polar surface area (TPSA) is 26.3 Å². The van der Waals surface area contributed by atoms with Gasteiger partial charge in [-0.25, -0.2) is 4.79 Å². The minimum absolute atomic E-state index is 0.0457. The highest BCUT2D eigenvalue weighted by molar-refractivity contribution is 5.38. The van der Waals surface area contributed by atoms with Crippen molar-refractivity contribution in [2.75, 3.05) is 0 Å². The molecule has 0 fully saturated rings. The van der Waals surface area contributed by atoms with Crippen molar-refractivity contribution in [3.05, 3.63) is 0 Å². The number of carbonyl (C=O) groups excluding carboxylic acids is 1. The van der Waals surface area contributed by atoms with E-state index in [1.165, 1.54) is 25.7 Å². The highest BCUT2D eigenvalue weighted by atomic mass is 16.5. The second-order valence-electron chi connectivity index (χ2n) is 2.86. The standard InChI is InChI=1S/C9H17O2/c1-3-4-5-6-7-9(2)11-8-10/h9H,3-7H2,1-2H3. The maximum absolute atomic E-state index is 9.76. The first kappa shape index (κ1) is 10.5. The largest absolute Gasteiger partial charge is 0.454 e. The second kappa shape index (κ2) is 7.58. The lowest BCUT2D eigenvalue weighted by Gasteiger charge is -2.06. The highest BCUT2D eigenvalue weighted by Gasteiger charge is 2.00. The summed E-state index contributed by atoms with van der Waals surface area (Å²) in [5.41, 5.74) is 0. The molecule has 0 aliphatic carbocycles. The van der Waals surface area contributed by atoms with Crippen LogP contribution < -0.4 is 0 Å². The van der Waals surface area contributed by atoms with Crippen LogP contribution in [0.25, 0.3) is 0 Å². The third kappa shape index (κ3) is 7.37. The Bertz CT molecular complexity index is 91.6. The minimum atomic E-state index is 0.0457. The molecule has 0 aliphatic heterocycles. The molecule has 0 heterocycles. The number of rotatable bonds is 7. The Labute approximate surface area is 68.9 Å². The van der Waals surface area contributed by atoms with E-state index in [2.05, 4.69) is 11.7 Å². The van der Waals surface area contributed by atoms with Crippen LogP contribution in [0.15, 0.2) is 0 Å². The van der Waals surface area contributed by atoms with Gasteiger partial charge in [0.1, 0.15) is 0 Å². The average Bonchev–Trinajstić information content (AvgIpc) is 1.99. The van der Waals surface area contributed by atoms with Crippen LogP contribution in [0.3, 0.4) is 0 Å². The van der Waals surface area contributed by atoms with Crippen molar-refractivity contribution >= 4 is 6.47 Å². The molecule has 11 heavy (non-hydrogen) atoms. The number of ether oxygens (including phenoxy) is 1. The Morgan fingerprint density at radius 2 is 2.09 bits per heavy atom. The van der Waals surface area contributed by atoms with Crippen LogP contribution >= 0.6 is 0 Å². The first-order chi connectivity index (χ1) is 5.31. The van der Waals surface area contributed by atoms with Gasteiger partial charge in [-0.3, -0.25) is 0 Å². The zero-order chi connectivity index (χ0) is 8.53. The highest BCUT2D eigenvalue weighted by Crippen LogP contribution is 2.06. The van der Waals surface area contributed by atoms with E-state index >= 15 is 0 Å². The fraction of sp³-hybridized carbons (Fsp3) is 0.889. The van der Waals surface area contributed by atoms with Crippen molar-refractivity contribution in [3.8, 4) is 0 Å². The summed E-state index contributed by atoms with van der Waals surface area (Å²) in [6.45, 7) is 5.54. The van der Waals surface area contributed by atoms with E-state index in [-0.39, 0.29) is 6.10 Å². The molecule has 1 unspecified atom stereocenters. The van der Waals surface area contributed by atoms with Gasteiger partial charge < -0.3 is 4.74 Å². The molecule has 0 aromatic heterocycles. The van der Waals surface area contributed by atoms with Gasteiger partial charge in [0.2, 0.25) is 0 Å². The van der Waals surface area contributed by atoms with Gasteiger partial charge in [0.15, 0.2) is 0 Å². The first-order valence-electron chi connectivity index (χ1n) is 4.34. The quantitative estimate of drug-likeness (QED) is 0.530. The van der Waals surface area contributed by atoms with E-state index in [4.69, 9.17) is 0 Å². The molecule has 0 aromatic rings. The summed E-state index contributed by atoms with van der Waals surface area (Å²) in [7, 11) is 0. The molecule has 0 rings (SSSR count). The molecule has 0 aliphatic rings. The Morgan fingerprint density at radius 1 is 1.36 bits per heavy atom. The predicted octanol–water partition coefficient (Wildman–Crippen LogP) is 2.43. The third-order valence-electron chi connectivity index (χ3n) is 1.71. The predicted molar refractivity (Wildman–Crippen MR) is 45.0 cm³/mol. The van der Waals surface area contributed by atoms with E-state index in [1.807, 2.05) is 6.92 Å². The summed E-state index contributed by atoms with van der Waals surface area (Å²) in [5.74, 6) is 0. The number of hydrogen-bond donors (Lipinski definition) is 0. The van der Waals surface area contributed by atoms with Gasteiger partial charge in [-0.2, -0.15) is 0 Å². The molecule has 0 saturated carbocycles. The molecule has 1 atom stereocenters. The van der Waals surface area contributed by atoms with Crippen molar-refractivity contribution in [3.63, 3.8) is 0 Å². The first-order valence-corrected chi connectivity index (χ1v) is 4.34. The molecule has 65 valence electrons. The summed E-state index contributed by atoms with van der Waals surface area (Å²) in [5, 5.41) is 0. The van der Waals surface area contributed by atoms with Crippen LogP contribution in [0, 0.1) is 0 Å². The lowest BCUT2D eigenvalue weighted by Crippen LogP contribution is -2.05. The van der Waals surface area contributed by atoms with E-state index in [0.717, 1.165) is 12.8 Å². The zero-order valence-corrected chi connectivity index (χ0v) is 7.43. The van der Waals surface area contributed by atoms with Crippen LogP contribution in [-0.4, -0.2) is 12.6 Å². The van der Waals surface area contributed by atoms with Gasteiger partial charge in [0.05, 0.1) is 6.10 Å². The van der Waals surface area contributed by atoms with Crippen LogP contribution in [0.2, 0.25) is 0 Å². The lowest BCUT2D eigenvalue weighted by atomic mass is 10.1. The Kier molecular flexibility index (Phi) is 7.21. The van der Waals surface area contributed by atoms with Gasteiger partial charge in [-0.1, -0.05) is 26.2 Å². The van der Waals surface area contributed by atoms with Crippen LogP contribution in [-0.2, 0) is 9.53 Å². The van der Waals surface area contributed by atoms with Gasteiger partial charge >= 0.3 is 6.47 Å². The Balaban J connectivity index is 3.03. The number of hydrogen-bond acceptors (Lipinski definition) is 2. The average molecular weight is 157 g/mol. The summed E-state index contributed by atoms with van der Waals surface area (Å²) in [6, 6.07) is 0. The lowest BCUT2D eigenvalue weighted by molar-refractivity contribution is 0.181. The maximum Gasteiger partial charge on any atom is 0.417 e. The fourth-order valence-corrected chi connectivity index (χ4v) is 1.000. The van der Waals surface area contributed by atoms with Crippen molar-refractivity contribution in [2.45, 2.75) is 52.1 Å². The summed E-state index contributed by atoms with van der Waals surface area (Å²) in [6.07, 6.45) is 5.92. The maximum atomic E-state index is 9.76. The van der Waals surface area contributed by atoms with Crippen LogP contribution in [0.4, 0.5) is 0 Å². The van der Waals surface area contributed by atoms with Gasteiger partial charge in [0, 0.05) is 0 Å². The van der Waals surface area contributed by atoms with Gasteiger partial charge in [-0.15, -0.1) is 0 Å². The molecule has 0 saturated heterocycles. The van der Waals surface area contributed by atoms with Crippen molar-refractivity contribution in [1.82, 2.24) is 0 Å². The smallest absolute Gasteiger partial charge is 0.417 e. The fourth-order valence-electron chi connectivity index (χ4n) is 1.000. The van der Waals surface area contributed by atoms with Crippen molar-refractivity contribution in [1.29, 1.82) is 0 Å².